The van der Waals surface area contributed by atoms with E-state index >= 15 is 0 Å². The van der Waals surface area contributed by atoms with Crippen LogP contribution in [0, 0.1) is 5.92 Å². The molecule has 0 radical (unpaired) electrons. The van der Waals surface area contributed by atoms with Crippen LogP contribution in [0.25, 0.3) is 0 Å². The number of benzene rings is 1. The minimum atomic E-state index is -3.69. The highest BCUT2D eigenvalue weighted by molar-refractivity contribution is 7.89. The van der Waals surface area contributed by atoms with Crippen molar-refractivity contribution in [1.82, 2.24) is 10.0 Å². The van der Waals surface area contributed by atoms with Gasteiger partial charge >= 0.3 is 0 Å². The summed E-state index contributed by atoms with van der Waals surface area (Å²) in [4.78, 5) is 11.7. The van der Waals surface area contributed by atoms with E-state index in [9.17, 15) is 18.3 Å². The van der Waals surface area contributed by atoms with Crippen LogP contribution in [0.15, 0.2) is 35.2 Å². The number of carbonyl (C=O) groups is 1. The van der Waals surface area contributed by atoms with Crippen molar-refractivity contribution in [3.63, 3.8) is 0 Å². The van der Waals surface area contributed by atoms with Gasteiger partial charge in [-0.2, -0.15) is 0 Å². The summed E-state index contributed by atoms with van der Waals surface area (Å²) in [5, 5.41) is 12.1. The number of hydrogen-bond acceptors (Lipinski definition) is 4. The van der Waals surface area contributed by atoms with Crippen molar-refractivity contribution in [2.24, 2.45) is 5.92 Å². The van der Waals surface area contributed by atoms with Crippen molar-refractivity contribution in [3.8, 4) is 0 Å². The molecule has 7 heteroatoms. The van der Waals surface area contributed by atoms with Gasteiger partial charge in [0.15, 0.2) is 0 Å². The molecule has 0 aliphatic carbocycles. The fraction of sp³-hybridized carbons (Fsp3) is 0.500. The summed E-state index contributed by atoms with van der Waals surface area (Å²) in [6, 6.07) is 7.83. The number of aliphatic hydroxyl groups excluding tert-OH is 1. The molecule has 0 aliphatic heterocycles. The van der Waals surface area contributed by atoms with Crippen molar-refractivity contribution >= 4 is 15.9 Å². The number of amides is 1. The van der Waals surface area contributed by atoms with Gasteiger partial charge in [-0.3, -0.25) is 4.79 Å². The van der Waals surface area contributed by atoms with E-state index in [2.05, 4.69) is 10.0 Å². The van der Waals surface area contributed by atoms with Gasteiger partial charge in [-0.1, -0.05) is 32.0 Å². The minimum absolute atomic E-state index is 0.109. The Morgan fingerprint density at radius 3 is 2.43 bits per heavy atom. The van der Waals surface area contributed by atoms with E-state index < -0.39 is 22.0 Å². The quantitative estimate of drug-likeness (QED) is 0.650. The van der Waals surface area contributed by atoms with Gasteiger partial charge in [-0.25, -0.2) is 13.1 Å². The first-order valence-corrected chi connectivity index (χ1v) is 8.29. The molecular weight excluding hydrogens is 292 g/mol. The molecule has 1 aromatic carbocycles. The Balaban J connectivity index is 2.40. The third kappa shape index (κ3) is 6.70. The molecule has 0 saturated carbocycles. The van der Waals surface area contributed by atoms with E-state index in [-0.39, 0.29) is 18.0 Å². The zero-order chi connectivity index (χ0) is 15.9. The lowest BCUT2D eigenvalue weighted by Gasteiger charge is -2.14. The van der Waals surface area contributed by atoms with Crippen molar-refractivity contribution in [3.05, 3.63) is 30.3 Å². The Labute approximate surface area is 125 Å². The second-order valence-electron chi connectivity index (χ2n) is 5.23. The summed E-state index contributed by atoms with van der Waals surface area (Å²) in [6.45, 7) is 3.70. The summed E-state index contributed by atoms with van der Waals surface area (Å²) >= 11 is 0. The maximum atomic E-state index is 11.9. The van der Waals surface area contributed by atoms with Gasteiger partial charge in [-0.05, 0) is 24.5 Å². The molecule has 0 aliphatic rings. The molecule has 1 amide bonds. The number of sulfonamides is 1. The first-order chi connectivity index (χ1) is 9.81. The van der Waals surface area contributed by atoms with Gasteiger partial charge < -0.3 is 10.4 Å². The molecule has 1 aromatic rings. The molecule has 6 nitrogen and oxygen atoms in total. The number of carbonyl (C=O) groups excluding carboxylic acids is 1. The Bertz CT molecular complexity index is 543. The van der Waals surface area contributed by atoms with Crippen LogP contribution in [-0.4, -0.2) is 38.6 Å². The van der Waals surface area contributed by atoms with Gasteiger partial charge in [0.1, 0.15) is 0 Å². The SMILES string of the molecule is CC(C)CC(O)CNC(=O)CNS(=O)(=O)c1ccccc1. The molecule has 3 N–H and O–H groups in total. The summed E-state index contributed by atoms with van der Waals surface area (Å²) < 4.78 is 26.0. The minimum Gasteiger partial charge on any atom is -0.391 e. The van der Waals surface area contributed by atoms with Crippen LogP contribution in [0.2, 0.25) is 0 Å². The van der Waals surface area contributed by atoms with Gasteiger partial charge in [0.25, 0.3) is 0 Å². The Morgan fingerprint density at radius 1 is 1.24 bits per heavy atom. The van der Waals surface area contributed by atoms with Crippen LogP contribution < -0.4 is 10.0 Å². The topological polar surface area (TPSA) is 95.5 Å². The molecule has 0 saturated heterocycles. The lowest BCUT2D eigenvalue weighted by Crippen LogP contribution is -2.40. The van der Waals surface area contributed by atoms with Gasteiger partial charge in [-0.15, -0.1) is 0 Å². The maximum absolute atomic E-state index is 11.9. The first-order valence-electron chi connectivity index (χ1n) is 6.80. The first kappa shape index (κ1) is 17.6. The smallest absolute Gasteiger partial charge is 0.241 e. The molecule has 1 atom stereocenters. The molecule has 1 unspecified atom stereocenters. The highest BCUT2D eigenvalue weighted by atomic mass is 32.2. The fourth-order valence-electron chi connectivity index (χ4n) is 1.77. The maximum Gasteiger partial charge on any atom is 0.241 e. The Hall–Kier alpha value is -1.44. The highest BCUT2D eigenvalue weighted by Gasteiger charge is 2.15. The number of hydrogen-bond donors (Lipinski definition) is 3. The summed E-state index contributed by atoms with van der Waals surface area (Å²) in [7, 11) is -3.69. The van der Waals surface area contributed by atoms with Crippen molar-refractivity contribution in [2.75, 3.05) is 13.1 Å². The zero-order valence-corrected chi connectivity index (χ0v) is 13.1. The second-order valence-corrected chi connectivity index (χ2v) is 6.99. The van der Waals surface area contributed by atoms with E-state index in [0.29, 0.717) is 12.3 Å². The normalized spacial score (nSPS) is 13.1. The molecular formula is C14H22N2O4S. The lowest BCUT2D eigenvalue weighted by molar-refractivity contribution is -0.120. The molecule has 118 valence electrons. The molecule has 0 fully saturated rings. The molecule has 0 spiro atoms. The second kappa shape index (κ2) is 8.11. The van der Waals surface area contributed by atoms with Crippen LogP contribution in [0.5, 0.6) is 0 Å². The molecule has 0 bridgehead atoms. The third-order valence-electron chi connectivity index (χ3n) is 2.75. The van der Waals surface area contributed by atoms with Crippen LogP contribution in [0.3, 0.4) is 0 Å². The van der Waals surface area contributed by atoms with Crippen LogP contribution in [-0.2, 0) is 14.8 Å². The Kier molecular flexibility index (Phi) is 6.80. The van der Waals surface area contributed by atoms with Gasteiger partial charge in [0.2, 0.25) is 15.9 Å². The van der Waals surface area contributed by atoms with Crippen molar-refractivity contribution in [1.29, 1.82) is 0 Å². The summed E-state index contributed by atoms with van der Waals surface area (Å²) in [6.07, 6.45) is -0.0459. The van der Waals surface area contributed by atoms with E-state index in [1.54, 1.807) is 18.2 Å². The number of aliphatic hydroxyl groups is 1. The van der Waals surface area contributed by atoms with Gasteiger partial charge in [0.05, 0.1) is 17.5 Å². The Morgan fingerprint density at radius 2 is 1.86 bits per heavy atom. The van der Waals surface area contributed by atoms with Crippen LogP contribution in [0.4, 0.5) is 0 Å². The van der Waals surface area contributed by atoms with E-state index in [0.717, 1.165) is 0 Å². The van der Waals surface area contributed by atoms with E-state index in [1.165, 1.54) is 12.1 Å². The molecule has 0 aromatic heterocycles. The summed E-state index contributed by atoms with van der Waals surface area (Å²) in [5.41, 5.74) is 0. The third-order valence-corrected chi connectivity index (χ3v) is 4.17. The van der Waals surface area contributed by atoms with E-state index in [4.69, 9.17) is 0 Å². The zero-order valence-electron chi connectivity index (χ0n) is 12.2. The monoisotopic (exact) mass is 314 g/mol. The largest absolute Gasteiger partial charge is 0.391 e. The van der Waals surface area contributed by atoms with Crippen molar-refractivity contribution in [2.45, 2.75) is 31.3 Å². The molecule has 1 rings (SSSR count). The predicted molar refractivity (Wildman–Crippen MR) is 80.1 cm³/mol. The number of rotatable bonds is 8. The molecule has 0 heterocycles. The van der Waals surface area contributed by atoms with Gasteiger partial charge in [0, 0.05) is 6.54 Å². The van der Waals surface area contributed by atoms with Crippen LogP contribution >= 0.6 is 0 Å². The average Bonchev–Trinajstić information content (AvgIpc) is 2.43. The lowest BCUT2D eigenvalue weighted by atomic mass is 10.1. The van der Waals surface area contributed by atoms with Crippen LogP contribution in [0.1, 0.15) is 20.3 Å². The molecule has 21 heavy (non-hydrogen) atoms. The fourth-order valence-corrected chi connectivity index (χ4v) is 2.77. The summed E-state index contributed by atoms with van der Waals surface area (Å²) in [5.74, 6) is -0.147. The van der Waals surface area contributed by atoms with Crippen molar-refractivity contribution < 1.29 is 18.3 Å². The standard InChI is InChI=1S/C14H22N2O4S/c1-11(2)8-12(17)9-15-14(18)10-16-21(19,20)13-6-4-3-5-7-13/h3-7,11-12,16-17H,8-10H2,1-2H3,(H,15,18). The predicted octanol–water partition coefficient (Wildman–Crippen LogP) is 0.488. The average molecular weight is 314 g/mol. The van der Waals surface area contributed by atoms with E-state index in [1.807, 2.05) is 13.8 Å². The highest BCUT2D eigenvalue weighted by Crippen LogP contribution is 2.06. The number of nitrogens with one attached hydrogen (secondary N) is 2.